The van der Waals surface area contributed by atoms with Crippen molar-refractivity contribution in [2.75, 3.05) is 79.3 Å². The first kappa shape index (κ1) is 34.4. The smallest absolute Gasteiger partial charge is 0.362 e. The van der Waals surface area contributed by atoms with Crippen LogP contribution < -0.4 is 20.1 Å². The van der Waals surface area contributed by atoms with Crippen LogP contribution in [0.1, 0.15) is 13.8 Å². The molecular formula is C26H40O12P2. The second kappa shape index (κ2) is 19.3. The third-order valence-electron chi connectivity index (χ3n) is 5.03. The number of rotatable bonds is 23. The second-order valence-corrected chi connectivity index (χ2v) is 11.5. The molecule has 0 spiro atoms. The lowest BCUT2D eigenvalue weighted by Crippen LogP contribution is -2.17. The van der Waals surface area contributed by atoms with Gasteiger partial charge in [-0.3, -0.25) is 9.13 Å². The van der Waals surface area contributed by atoms with E-state index in [1.54, 1.807) is 50.2 Å². The molecule has 0 saturated heterocycles. The first-order valence-corrected chi connectivity index (χ1v) is 16.2. The standard InChI is InChI=1S/C26H40O12P2/c1-3-37-39(27,28)25-11-7-5-9-23(25)35-21-19-33-17-15-31-13-14-32-16-18-34-20-22-36-24-10-6-8-12-26(24)40(29,30)38-4-2/h5-12H,3-4,13-22H2,1-2H3,(H,27,28)(H,29,30). The Kier molecular flexibility index (Phi) is 16.6. The van der Waals surface area contributed by atoms with E-state index in [1.807, 2.05) is 0 Å². The molecule has 2 atom stereocenters. The minimum Gasteiger partial charge on any atom is -0.490 e. The van der Waals surface area contributed by atoms with Crippen LogP contribution in [0.15, 0.2) is 48.5 Å². The Morgan fingerprint density at radius 3 is 1.15 bits per heavy atom. The largest absolute Gasteiger partial charge is 0.490 e. The summed E-state index contributed by atoms with van der Waals surface area (Å²) in [6.45, 7) is 6.82. The summed E-state index contributed by atoms with van der Waals surface area (Å²) in [5.41, 5.74) is 0. The predicted molar refractivity (Wildman–Crippen MR) is 149 cm³/mol. The van der Waals surface area contributed by atoms with Crippen LogP contribution in [0.4, 0.5) is 0 Å². The lowest BCUT2D eigenvalue weighted by atomic mass is 10.3. The van der Waals surface area contributed by atoms with Crippen LogP contribution in [0.5, 0.6) is 11.5 Å². The SMILES string of the molecule is CCOP(=O)(O)c1ccccc1OCCOCCOCCOCCOCCOc1ccccc1P(=O)(O)OCC. The molecule has 2 N–H and O–H groups in total. The molecule has 0 aliphatic heterocycles. The normalized spacial score (nSPS) is 14.4. The highest BCUT2D eigenvalue weighted by Gasteiger charge is 2.27. The van der Waals surface area contributed by atoms with Crippen LogP contribution in [-0.2, 0) is 37.1 Å². The highest BCUT2D eigenvalue weighted by atomic mass is 31.2. The fourth-order valence-electron chi connectivity index (χ4n) is 3.30. The molecule has 2 rings (SSSR count). The Morgan fingerprint density at radius 2 is 0.825 bits per heavy atom. The van der Waals surface area contributed by atoms with Crippen molar-refractivity contribution >= 4 is 25.8 Å². The van der Waals surface area contributed by atoms with Gasteiger partial charge in [-0.1, -0.05) is 24.3 Å². The Bertz CT molecular complexity index is 984. The molecular weight excluding hydrogens is 566 g/mol. The van der Waals surface area contributed by atoms with E-state index in [1.165, 1.54) is 12.1 Å². The Morgan fingerprint density at radius 1 is 0.525 bits per heavy atom. The number of ether oxygens (including phenoxy) is 6. The Hall–Kier alpha value is -1.82. The third kappa shape index (κ3) is 12.8. The highest BCUT2D eigenvalue weighted by Crippen LogP contribution is 2.44. The van der Waals surface area contributed by atoms with E-state index in [0.29, 0.717) is 39.6 Å². The van der Waals surface area contributed by atoms with Crippen molar-refractivity contribution in [2.24, 2.45) is 0 Å². The maximum absolute atomic E-state index is 12.3. The van der Waals surface area contributed by atoms with E-state index >= 15 is 0 Å². The van der Waals surface area contributed by atoms with Crippen molar-refractivity contribution in [3.63, 3.8) is 0 Å². The molecule has 2 aromatic rings. The zero-order valence-electron chi connectivity index (χ0n) is 23.0. The molecule has 14 heteroatoms. The first-order valence-electron chi connectivity index (χ1n) is 13.0. The zero-order chi connectivity index (χ0) is 29.1. The summed E-state index contributed by atoms with van der Waals surface area (Å²) in [6.07, 6.45) is 0. The summed E-state index contributed by atoms with van der Waals surface area (Å²) in [6, 6.07) is 13.0. The van der Waals surface area contributed by atoms with Crippen LogP contribution in [-0.4, -0.2) is 89.1 Å². The monoisotopic (exact) mass is 606 g/mol. The summed E-state index contributed by atoms with van der Waals surface area (Å²) in [5, 5.41) is 0.247. The van der Waals surface area contributed by atoms with E-state index in [-0.39, 0.29) is 61.7 Å². The minimum absolute atomic E-state index is 0.116. The van der Waals surface area contributed by atoms with Crippen LogP contribution in [0, 0.1) is 0 Å². The lowest BCUT2D eigenvalue weighted by Gasteiger charge is -2.15. The lowest BCUT2D eigenvalue weighted by molar-refractivity contribution is -0.00694. The fraction of sp³-hybridized carbons (Fsp3) is 0.538. The first-order chi connectivity index (χ1) is 19.3. The van der Waals surface area contributed by atoms with Gasteiger partial charge in [0.25, 0.3) is 0 Å². The molecule has 0 aromatic heterocycles. The van der Waals surface area contributed by atoms with E-state index < -0.39 is 15.2 Å². The van der Waals surface area contributed by atoms with Crippen molar-refractivity contribution in [3.8, 4) is 11.5 Å². The van der Waals surface area contributed by atoms with Gasteiger partial charge < -0.3 is 47.3 Å². The Labute approximate surface area is 235 Å². The molecule has 0 saturated carbocycles. The van der Waals surface area contributed by atoms with Crippen molar-refractivity contribution in [2.45, 2.75) is 13.8 Å². The minimum atomic E-state index is -3.92. The molecule has 0 aliphatic carbocycles. The van der Waals surface area contributed by atoms with Gasteiger partial charge in [0.1, 0.15) is 35.3 Å². The zero-order valence-corrected chi connectivity index (χ0v) is 24.8. The highest BCUT2D eigenvalue weighted by molar-refractivity contribution is 7.61. The second-order valence-electron chi connectivity index (χ2n) is 7.96. The van der Waals surface area contributed by atoms with E-state index in [4.69, 9.17) is 37.5 Å². The molecule has 0 fully saturated rings. The molecule has 0 heterocycles. The van der Waals surface area contributed by atoms with Crippen molar-refractivity contribution in [3.05, 3.63) is 48.5 Å². The van der Waals surface area contributed by atoms with Crippen molar-refractivity contribution < 1.29 is 56.4 Å². The topological polar surface area (TPSA) is 148 Å². The molecule has 226 valence electrons. The predicted octanol–water partition coefficient (Wildman–Crippen LogP) is 2.91. The van der Waals surface area contributed by atoms with Gasteiger partial charge in [0.05, 0.1) is 66.1 Å². The molecule has 12 nitrogen and oxygen atoms in total. The molecule has 0 amide bonds. The van der Waals surface area contributed by atoms with E-state index in [0.717, 1.165) is 0 Å². The number of hydrogen-bond donors (Lipinski definition) is 2. The quantitative estimate of drug-likeness (QED) is 0.142. The van der Waals surface area contributed by atoms with Gasteiger partial charge in [-0.15, -0.1) is 0 Å². The van der Waals surface area contributed by atoms with E-state index in [9.17, 15) is 18.9 Å². The maximum atomic E-state index is 12.3. The molecule has 40 heavy (non-hydrogen) atoms. The summed E-state index contributed by atoms with van der Waals surface area (Å²) >= 11 is 0. The van der Waals surface area contributed by atoms with E-state index in [2.05, 4.69) is 0 Å². The molecule has 0 bridgehead atoms. The Balaban J connectivity index is 1.44. The summed E-state index contributed by atoms with van der Waals surface area (Å²) < 4.78 is 67.4. The van der Waals surface area contributed by atoms with Gasteiger partial charge >= 0.3 is 15.2 Å². The average Bonchev–Trinajstić information content (AvgIpc) is 2.93. The number of benzene rings is 2. The number of hydrogen-bond acceptors (Lipinski definition) is 10. The van der Waals surface area contributed by atoms with Gasteiger partial charge in [0.2, 0.25) is 0 Å². The van der Waals surface area contributed by atoms with Crippen molar-refractivity contribution in [1.82, 2.24) is 0 Å². The van der Waals surface area contributed by atoms with Crippen molar-refractivity contribution in [1.29, 1.82) is 0 Å². The molecule has 2 aromatic carbocycles. The summed E-state index contributed by atoms with van der Waals surface area (Å²) in [5.74, 6) is 0.577. The van der Waals surface area contributed by atoms with Gasteiger partial charge in [-0.2, -0.15) is 0 Å². The van der Waals surface area contributed by atoms with Crippen LogP contribution in [0.25, 0.3) is 0 Å². The van der Waals surface area contributed by atoms with Gasteiger partial charge in [-0.05, 0) is 38.1 Å². The fourth-order valence-corrected chi connectivity index (χ4v) is 5.66. The third-order valence-corrected chi connectivity index (χ3v) is 8.21. The summed E-state index contributed by atoms with van der Waals surface area (Å²) in [7, 11) is -7.85. The molecule has 0 radical (unpaired) electrons. The van der Waals surface area contributed by atoms with Gasteiger partial charge in [-0.25, -0.2) is 0 Å². The maximum Gasteiger partial charge on any atom is 0.362 e. The molecule has 0 aliphatic rings. The van der Waals surface area contributed by atoms with Crippen LogP contribution >= 0.6 is 15.2 Å². The van der Waals surface area contributed by atoms with Gasteiger partial charge in [0, 0.05) is 0 Å². The van der Waals surface area contributed by atoms with Crippen LogP contribution in [0.2, 0.25) is 0 Å². The van der Waals surface area contributed by atoms with Crippen LogP contribution in [0.3, 0.4) is 0 Å². The number of para-hydroxylation sites is 2. The van der Waals surface area contributed by atoms with Gasteiger partial charge in [0.15, 0.2) is 0 Å². The summed E-state index contributed by atoms with van der Waals surface area (Å²) in [4.78, 5) is 20.1. The average molecular weight is 607 g/mol. The molecule has 2 unspecified atom stereocenters.